The highest BCUT2D eigenvalue weighted by molar-refractivity contribution is 5.85. The topological polar surface area (TPSA) is 64.3 Å². The minimum Gasteiger partial charge on any atom is -0.383 e. The first-order valence-electron chi connectivity index (χ1n) is 6.58. The lowest BCUT2D eigenvalue weighted by Gasteiger charge is -2.44. The summed E-state index contributed by atoms with van der Waals surface area (Å²) < 4.78 is 5.04. The molecule has 0 spiro atoms. The molecule has 3 N–H and O–H groups in total. The molecule has 1 fully saturated rings. The third kappa shape index (κ3) is 3.19. The van der Waals surface area contributed by atoms with Crippen LogP contribution in [0.5, 0.6) is 0 Å². The summed E-state index contributed by atoms with van der Waals surface area (Å²) in [5, 5.41) is 3.37. The molecule has 1 aliphatic rings. The molecule has 4 heteroatoms. The predicted molar refractivity (Wildman–Crippen MR) is 68.6 cm³/mol. The molecule has 2 unspecified atom stereocenters. The number of primary amides is 1. The second-order valence-electron chi connectivity index (χ2n) is 5.35. The van der Waals surface area contributed by atoms with Crippen LogP contribution in [0, 0.1) is 11.8 Å². The molecule has 0 saturated heterocycles. The van der Waals surface area contributed by atoms with Gasteiger partial charge in [0.25, 0.3) is 0 Å². The summed E-state index contributed by atoms with van der Waals surface area (Å²) in [5.74, 6) is 0.607. The maximum Gasteiger partial charge on any atom is 0.238 e. The monoisotopic (exact) mass is 242 g/mol. The summed E-state index contributed by atoms with van der Waals surface area (Å²) in [6.45, 7) is 5.64. The Hall–Kier alpha value is -0.610. The Labute approximate surface area is 104 Å². The summed E-state index contributed by atoms with van der Waals surface area (Å²) in [6.07, 6.45) is 4.21. The molecular formula is C13H26N2O2. The lowest BCUT2D eigenvalue weighted by Crippen LogP contribution is -2.63. The number of nitrogens with two attached hydrogens (primary N) is 1. The molecule has 1 amide bonds. The van der Waals surface area contributed by atoms with Crippen molar-refractivity contribution in [3.63, 3.8) is 0 Å². The average Bonchev–Trinajstić information content (AvgIpc) is 2.29. The van der Waals surface area contributed by atoms with Crippen molar-refractivity contribution in [3.8, 4) is 0 Å². The highest BCUT2D eigenvalue weighted by Crippen LogP contribution is 2.38. The Morgan fingerprint density at radius 3 is 2.76 bits per heavy atom. The van der Waals surface area contributed by atoms with Crippen LogP contribution in [0.25, 0.3) is 0 Å². The van der Waals surface area contributed by atoms with E-state index in [1.165, 1.54) is 6.42 Å². The third-order valence-electron chi connectivity index (χ3n) is 3.96. The molecule has 4 nitrogen and oxygen atoms in total. The standard InChI is InChI=1S/C13H26N2O2/c1-10(2)11-6-4-5-7-13(11,12(14)16)15-8-9-17-3/h10-11,15H,4-9H2,1-3H3,(H2,14,16). The van der Waals surface area contributed by atoms with Crippen molar-refractivity contribution in [1.29, 1.82) is 0 Å². The van der Waals surface area contributed by atoms with Gasteiger partial charge in [-0.2, -0.15) is 0 Å². The zero-order valence-corrected chi connectivity index (χ0v) is 11.3. The van der Waals surface area contributed by atoms with E-state index in [-0.39, 0.29) is 5.91 Å². The molecule has 2 atom stereocenters. The maximum atomic E-state index is 11.9. The van der Waals surface area contributed by atoms with E-state index in [0.717, 1.165) is 19.3 Å². The molecule has 0 aromatic carbocycles. The van der Waals surface area contributed by atoms with Gasteiger partial charge >= 0.3 is 0 Å². The number of amides is 1. The Bertz CT molecular complexity index is 256. The summed E-state index contributed by atoms with van der Waals surface area (Å²) in [4.78, 5) is 11.9. The highest BCUT2D eigenvalue weighted by Gasteiger charge is 2.46. The second kappa shape index (κ2) is 6.36. The van der Waals surface area contributed by atoms with Crippen molar-refractivity contribution in [2.24, 2.45) is 17.6 Å². The van der Waals surface area contributed by atoms with Crippen molar-refractivity contribution in [1.82, 2.24) is 5.32 Å². The first kappa shape index (κ1) is 14.5. The van der Waals surface area contributed by atoms with E-state index in [4.69, 9.17) is 10.5 Å². The SMILES string of the molecule is COCCNC1(C(N)=O)CCCCC1C(C)C. The van der Waals surface area contributed by atoms with Gasteiger partial charge in [0, 0.05) is 13.7 Å². The molecule has 100 valence electrons. The van der Waals surface area contributed by atoms with Crippen molar-refractivity contribution in [3.05, 3.63) is 0 Å². The van der Waals surface area contributed by atoms with Gasteiger partial charge in [-0.1, -0.05) is 26.7 Å². The van der Waals surface area contributed by atoms with Gasteiger partial charge in [0.2, 0.25) is 5.91 Å². The molecule has 0 aliphatic heterocycles. The van der Waals surface area contributed by atoms with E-state index in [2.05, 4.69) is 19.2 Å². The lowest BCUT2D eigenvalue weighted by molar-refractivity contribution is -0.129. The van der Waals surface area contributed by atoms with E-state index in [1.54, 1.807) is 7.11 Å². The van der Waals surface area contributed by atoms with Crippen molar-refractivity contribution >= 4 is 5.91 Å². The Morgan fingerprint density at radius 1 is 1.53 bits per heavy atom. The van der Waals surface area contributed by atoms with E-state index in [0.29, 0.717) is 25.0 Å². The van der Waals surface area contributed by atoms with E-state index < -0.39 is 5.54 Å². The van der Waals surface area contributed by atoms with Crippen LogP contribution >= 0.6 is 0 Å². The van der Waals surface area contributed by atoms with Crippen LogP contribution in [-0.4, -0.2) is 31.7 Å². The molecular weight excluding hydrogens is 216 g/mol. The second-order valence-corrected chi connectivity index (χ2v) is 5.35. The summed E-state index contributed by atoms with van der Waals surface area (Å²) in [5.41, 5.74) is 5.15. The normalized spacial score (nSPS) is 29.5. The first-order chi connectivity index (χ1) is 8.04. The quantitative estimate of drug-likeness (QED) is 0.690. The minimum atomic E-state index is -0.523. The number of hydrogen-bond donors (Lipinski definition) is 2. The van der Waals surface area contributed by atoms with Crippen LogP contribution < -0.4 is 11.1 Å². The number of hydrogen-bond acceptors (Lipinski definition) is 3. The van der Waals surface area contributed by atoms with Crippen LogP contribution in [0.3, 0.4) is 0 Å². The number of rotatable bonds is 6. The smallest absolute Gasteiger partial charge is 0.238 e. The molecule has 0 aromatic rings. The Kier molecular flexibility index (Phi) is 5.40. The minimum absolute atomic E-state index is 0.202. The Balaban J connectivity index is 2.81. The summed E-state index contributed by atoms with van der Waals surface area (Å²) in [7, 11) is 1.67. The van der Waals surface area contributed by atoms with Gasteiger partial charge < -0.3 is 15.8 Å². The van der Waals surface area contributed by atoms with Crippen molar-refractivity contribution in [2.75, 3.05) is 20.3 Å². The third-order valence-corrected chi connectivity index (χ3v) is 3.96. The fourth-order valence-electron chi connectivity index (χ4n) is 3.09. The summed E-state index contributed by atoms with van der Waals surface area (Å²) in [6, 6.07) is 0. The van der Waals surface area contributed by atoms with Gasteiger partial charge in [-0.05, 0) is 24.7 Å². The van der Waals surface area contributed by atoms with Crippen molar-refractivity contribution < 1.29 is 9.53 Å². The number of carbonyl (C=O) groups is 1. The first-order valence-corrected chi connectivity index (χ1v) is 6.58. The fourth-order valence-corrected chi connectivity index (χ4v) is 3.09. The van der Waals surface area contributed by atoms with Crippen LogP contribution in [0.1, 0.15) is 39.5 Å². The molecule has 17 heavy (non-hydrogen) atoms. The lowest BCUT2D eigenvalue weighted by atomic mass is 9.67. The van der Waals surface area contributed by atoms with E-state index in [1.807, 2.05) is 0 Å². The van der Waals surface area contributed by atoms with Crippen LogP contribution in [0.4, 0.5) is 0 Å². The van der Waals surface area contributed by atoms with Crippen molar-refractivity contribution in [2.45, 2.75) is 45.1 Å². The molecule has 0 radical (unpaired) electrons. The predicted octanol–water partition coefficient (Wildman–Crippen LogP) is 1.29. The average molecular weight is 242 g/mol. The van der Waals surface area contributed by atoms with Gasteiger partial charge in [0.05, 0.1) is 6.61 Å². The zero-order valence-electron chi connectivity index (χ0n) is 11.3. The van der Waals surface area contributed by atoms with E-state index in [9.17, 15) is 4.79 Å². The van der Waals surface area contributed by atoms with Gasteiger partial charge in [0.1, 0.15) is 5.54 Å². The number of methoxy groups -OCH3 is 1. The van der Waals surface area contributed by atoms with Crippen LogP contribution in [0.15, 0.2) is 0 Å². The largest absolute Gasteiger partial charge is 0.383 e. The molecule has 1 rings (SSSR count). The van der Waals surface area contributed by atoms with Crippen LogP contribution in [-0.2, 0) is 9.53 Å². The molecule has 0 aromatic heterocycles. The molecule has 1 aliphatic carbocycles. The summed E-state index contributed by atoms with van der Waals surface area (Å²) >= 11 is 0. The Morgan fingerprint density at radius 2 is 2.24 bits per heavy atom. The number of carbonyl (C=O) groups excluding carboxylic acids is 1. The number of ether oxygens (including phenoxy) is 1. The van der Waals surface area contributed by atoms with Gasteiger partial charge in [-0.25, -0.2) is 0 Å². The van der Waals surface area contributed by atoms with Gasteiger partial charge in [-0.15, -0.1) is 0 Å². The zero-order chi connectivity index (χ0) is 12.9. The fraction of sp³-hybridized carbons (Fsp3) is 0.923. The van der Waals surface area contributed by atoms with E-state index >= 15 is 0 Å². The number of nitrogens with one attached hydrogen (secondary N) is 1. The molecule has 0 heterocycles. The van der Waals surface area contributed by atoms with Crippen LogP contribution in [0.2, 0.25) is 0 Å². The van der Waals surface area contributed by atoms with Gasteiger partial charge in [0.15, 0.2) is 0 Å². The molecule has 0 bridgehead atoms. The highest BCUT2D eigenvalue weighted by atomic mass is 16.5. The maximum absolute atomic E-state index is 11.9. The molecule has 1 saturated carbocycles. The van der Waals surface area contributed by atoms with Gasteiger partial charge in [-0.3, -0.25) is 4.79 Å².